The number of nitrogens with zero attached hydrogens (tertiary/aromatic N) is 3. The number of rotatable bonds is 7. The lowest BCUT2D eigenvalue weighted by atomic mass is 9.69. The van der Waals surface area contributed by atoms with Crippen LogP contribution in [0.25, 0.3) is 11.3 Å². The van der Waals surface area contributed by atoms with E-state index in [1.807, 2.05) is 0 Å². The van der Waals surface area contributed by atoms with Crippen molar-refractivity contribution in [1.29, 1.82) is 0 Å². The number of hydrogen-bond donors (Lipinski definition) is 2. The molecule has 7 nitrogen and oxygen atoms in total. The highest BCUT2D eigenvalue weighted by Crippen LogP contribution is 2.41. The van der Waals surface area contributed by atoms with E-state index in [1.54, 1.807) is 0 Å². The van der Waals surface area contributed by atoms with E-state index in [0.29, 0.717) is 12.8 Å². The summed E-state index contributed by atoms with van der Waals surface area (Å²) in [5, 5.41) is 10.7. The number of carbonyl (C=O) groups is 1. The van der Waals surface area contributed by atoms with Gasteiger partial charge in [0.1, 0.15) is 0 Å². The molecule has 1 fully saturated rings. The molecule has 1 aliphatic rings. The Morgan fingerprint density at radius 3 is 2.70 bits per heavy atom. The van der Waals surface area contributed by atoms with Crippen LogP contribution < -0.4 is 0 Å². The van der Waals surface area contributed by atoms with E-state index >= 15 is 0 Å². The van der Waals surface area contributed by atoms with Crippen molar-refractivity contribution in [2.24, 2.45) is 10.4 Å². The molecule has 0 atom stereocenters. The van der Waals surface area contributed by atoms with Crippen molar-refractivity contribution in [2.45, 2.75) is 25.4 Å². The minimum atomic E-state index is -4.52. The number of hydrogen-bond acceptors (Lipinski definition) is 4. The van der Waals surface area contributed by atoms with Gasteiger partial charge in [-0.15, -0.1) is 0 Å². The lowest BCUT2D eigenvalue weighted by Gasteiger charge is -2.38. The van der Waals surface area contributed by atoms with Crippen molar-refractivity contribution in [3.63, 3.8) is 0 Å². The summed E-state index contributed by atoms with van der Waals surface area (Å²) in [6, 6.07) is 5.16. The molecule has 0 aliphatic heterocycles. The average Bonchev–Trinajstić information content (AvgIpc) is 3.13. The third kappa shape index (κ3) is 4.23. The largest absolute Gasteiger partial charge is 0.481 e. The monoisotopic (exact) mass is 422 g/mol. The number of halogens is 3. The second-order valence-corrected chi connectivity index (χ2v) is 7.03. The number of aromatic amines is 1. The van der Waals surface area contributed by atoms with Crippen LogP contribution in [0.1, 0.15) is 30.7 Å². The number of aliphatic carboxylic acids is 1. The molecule has 0 spiro atoms. The lowest BCUT2D eigenvalue weighted by Crippen LogP contribution is -2.44. The van der Waals surface area contributed by atoms with Crippen molar-refractivity contribution in [1.82, 2.24) is 15.0 Å². The maximum atomic E-state index is 13.3. The Labute approximate surface area is 170 Å². The molecular weight excluding hydrogens is 401 g/mol. The highest BCUT2D eigenvalue weighted by atomic mass is 19.4. The molecule has 1 aromatic heterocycles. The Morgan fingerprint density at radius 2 is 2.13 bits per heavy atom. The van der Waals surface area contributed by atoms with Gasteiger partial charge >= 0.3 is 12.1 Å². The first-order valence-corrected chi connectivity index (χ1v) is 9.19. The van der Waals surface area contributed by atoms with E-state index in [9.17, 15) is 23.1 Å². The number of carboxylic acids is 1. The van der Waals surface area contributed by atoms with Gasteiger partial charge in [0.05, 0.1) is 29.5 Å². The van der Waals surface area contributed by atoms with Crippen LogP contribution in [0.4, 0.5) is 13.2 Å². The van der Waals surface area contributed by atoms with Crippen molar-refractivity contribution < 1.29 is 27.9 Å². The summed E-state index contributed by atoms with van der Waals surface area (Å²) in [5.74, 6) is -0.614. The van der Waals surface area contributed by atoms with Gasteiger partial charge in [-0.2, -0.15) is 13.2 Å². The fourth-order valence-corrected chi connectivity index (χ4v) is 3.22. The Morgan fingerprint density at radius 1 is 1.43 bits per heavy atom. The van der Waals surface area contributed by atoms with E-state index in [-0.39, 0.29) is 29.5 Å². The van der Waals surface area contributed by atoms with Crippen LogP contribution in [0.5, 0.6) is 0 Å². The first-order valence-electron chi connectivity index (χ1n) is 9.19. The summed E-state index contributed by atoms with van der Waals surface area (Å²) < 4.78 is 40.0. The van der Waals surface area contributed by atoms with E-state index in [2.05, 4.69) is 21.5 Å². The highest BCUT2D eigenvalue weighted by molar-refractivity contribution is 5.95. The summed E-state index contributed by atoms with van der Waals surface area (Å²) in [6.07, 6.45) is -0.165. The quantitative estimate of drug-likeness (QED) is 0.398. The van der Waals surface area contributed by atoms with E-state index in [4.69, 9.17) is 4.84 Å². The van der Waals surface area contributed by atoms with Crippen LogP contribution >= 0.6 is 0 Å². The van der Waals surface area contributed by atoms with Gasteiger partial charge in [0.25, 0.3) is 0 Å². The van der Waals surface area contributed by atoms with E-state index in [1.165, 1.54) is 42.7 Å². The smallest absolute Gasteiger partial charge is 0.417 e. The van der Waals surface area contributed by atoms with Crippen LogP contribution in [-0.4, -0.2) is 45.6 Å². The van der Waals surface area contributed by atoms with Crippen molar-refractivity contribution in [3.8, 4) is 11.3 Å². The molecule has 1 aromatic carbocycles. The third-order valence-electron chi connectivity index (χ3n) is 5.12. The Hall–Kier alpha value is -3.14. The van der Waals surface area contributed by atoms with Gasteiger partial charge < -0.3 is 10.1 Å². The first kappa shape index (κ1) is 21.6. The molecular formula is C20H21F3N4O3. The number of carboxylic acid groups (broad SMARTS) is 1. The molecule has 0 amide bonds. The molecule has 1 aliphatic carbocycles. The third-order valence-corrected chi connectivity index (χ3v) is 5.12. The second kappa shape index (κ2) is 8.31. The standard InChI is InChI=1S/C20H21F3N4O3/c1-3-24-17(27(2)30-12-19(18(28)29)9-6-10-19)16-25-11-15(26-16)13-7-4-5-8-14(13)20(21,22)23/h3-5,7-8,11H,1,6,9-10,12H2,2H3,(H,25,26)(H,28,29). The number of aliphatic imine (C=N–C) groups is 1. The number of alkyl halides is 3. The molecule has 2 N–H and O–H groups in total. The van der Waals surface area contributed by atoms with Gasteiger partial charge in [0.15, 0.2) is 11.7 Å². The summed E-state index contributed by atoms with van der Waals surface area (Å²) in [6.45, 7) is 3.47. The molecule has 0 saturated heterocycles. The molecule has 0 unspecified atom stereocenters. The molecule has 160 valence electrons. The Balaban J connectivity index is 1.84. The van der Waals surface area contributed by atoms with Crippen LogP contribution in [0, 0.1) is 5.41 Å². The van der Waals surface area contributed by atoms with E-state index < -0.39 is 23.1 Å². The minimum Gasteiger partial charge on any atom is -0.481 e. The van der Waals surface area contributed by atoms with Crippen LogP contribution in [-0.2, 0) is 15.8 Å². The Bertz CT molecular complexity index is 964. The summed E-state index contributed by atoms with van der Waals surface area (Å²) in [7, 11) is 1.52. The number of amidine groups is 1. The summed E-state index contributed by atoms with van der Waals surface area (Å²) in [5.41, 5.74) is -1.62. The zero-order valence-corrected chi connectivity index (χ0v) is 16.2. The number of aromatic nitrogens is 2. The van der Waals surface area contributed by atoms with E-state index in [0.717, 1.165) is 12.5 Å². The van der Waals surface area contributed by atoms with Crippen LogP contribution in [0.2, 0.25) is 0 Å². The molecule has 1 heterocycles. The molecule has 30 heavy (non-hydrogen) atoms. The van der Waals surface area contributed by atoms with Crippen molar-refractivity contribution in [3.05, 3.63) is 54.6 Å². The zero-order valence-electron chi connectivity index (χ0n) is 16.2. The van der Waals surface area contributed by atoms with Gasteiger partial charge in [0, 0.05) is 18.8 Å². The topological polar surface area (TPSA) is 90.8 Å². The normalized spacial score (nSPS) is 16.1. The molecule has 0 bridgehead atoms. The number of benzene rings is 1. The number of nitrogens with one attached hydrogen (secondary N) is 1. The lowest BCUT2D eigenvalue weighted by molar-refractivity contribution is -0.176. The van der Waals surface area contributed by atoms with Crippen molar-refractivity contribution in [2.75, 3.05) is 13.7 Å². The summed E-state index contributed by atoms with van der Waals surface area (Å²) >= 11 is 0. The predicted molar refractivity (Wildman–Crippen MR) is 103 cm³/mol. The number of H-pyrrole nitrogens is 1. The molecule has 3 rings (SSSR count). The molecule has 1 saturated carbocycles. The predicted octanol–water partition coefficient (Wildman–Crippen LogP) is 4.10. The highest BCUT2D eigenvalue weighted by Gasteiger charge is 2.45. The van der Waals surface area contributed by atoms with Gasteiger partial charge in [-0.25, -0.2) is 15.0 Å². The van der Waals surface area contributed by atoms with Gasteiger partial charge in [-0.1, -0.05) is 31.2 Å². The fourth-order valence-electron chi connectivity index (χ4n) is 3.22. The zero-order chi connectivity index (χ0) is 21.9. The SMILES string of the molecule is C=CN=C(c1ncc(-c2ccccc2C(F)(F)F)[nH]1)N(C)OCC1(C(=O)O)CCC1. The van der Waals surface area contributed by atoms with Gasteiger partial charge in [0.2, 0.25) is 0 Å². The molecule has 10 heteroatoms. The van der Waals surface area contributed by atoms with Crippen LogP contribution in [0.15, 0.2) is 48.2 Å². The maximum absolute atomic E-state index is 13.3. The minimum absolute atomic E-state index is 0.0513. The second-order valence-electron chi connectivity index (χ2n) is 7.03. The maximum Gasteiger partial charge on any atom is 0.417 e. The summed E-state index contributed by atoms with van der Waals surface area (Å²) in [4.78, 5) is 28.1. The van der Waals surface area contributed by atoms with Gasteiger partial charge in [-0.05, 0) is 18.9 Å². The fraction of sp³-hybridized carbons (Fsp3) is 0.350. The van der Waals surface area contributed by atoms with Gasteiger partial charge in [-0.3, -0.25) is 9.63 Å². The van der Waals surface area contributed by atoms with Crippen LogP contribution in [0.3, 0.4) is 0 Å². The molecule has 2 aromatic rings. The number of imidazole rings is 1. The Kier molecular flexibility index (Phi) is 5.97. The van der Waals surface area contributed by atoms with Crippen molar-refractivity contribution >= 4 is 11.8 Å². The molecule has 0 radical (unpaired) electrons. The number of hydroxylamine groups is 2. The first-order chi connectivity index (χ1) is 14.2. The average molecular weight is 422 g/mol.